The van der Waals surface area contributed by atoms with Gasteiger partial charge in [-0.15, -0.1) is 0 Å². The highest BCUT2D eigenvalue weighted by Gasteiger charge is 2.30. The average Bonchev–Trinajstić information content (AvgIpc) is 2.74. The molecule has 0 saturated carbocycles. The number of hydrogen-bond donors (Lipinski definition) is 1. The van der Waals surface area contributed by atoms with E-state index in [1.54, 1.807) is 11.6 Å². The molecule has 1 aromatic heterocycles. The lowest BCUT2D eigenvalue weighted by Gasteiger charge is -2.33. The van der Waals surface area contributed by atoms with Crippen molar-refractivity contribution in [1.29, 1.82) is 0 Å². The molecule has 0 spiro atoms. The van der Waals surface area contributed by atoms with Crippen molar-refractivity contribution in [1.82, 2.24) is 9.78 Å². The third-order valence-electron chi connectivity index (χ3n) is 4.10. The van der Waals surface area contributed by atoms with Gasteiger partial charge in [0.15, 0.2) is 0 Å². The van der Waals surface area contributed by atoms with Crippen LogP contribution in [-0.2, 0) is 11.3 Å². The smallest absolute Gasteiger partial charge is 0.333 e. The number of hydrogen-bond acceptors (Lipinski definition) is 5. The minimum Gasteiger partial charge on any atom is -0.381 e. The Kier molecular flexibility index (Phi) is 4.82. The SMILES string of the molecule is CCCn1nc(C)c([N+](=O)[O-])c1NCC1(C)CCOCC1. The lowest BCUT2D eigenvalue weighted by molar-refractivity contribution is -0.384. The molecule has 1 aromatic rings. The summed E-state index contributed by atoms with van der Waals surface area (Å²) in [6, 6.07) is 0. The topological polar surface area (TPSA) is 82.2 Å². The second kappa shape index (κ2) is 6.43. The number of nitro groups is 1. The van der Waals surface area contributed by atoms with Gasteiger partial charge in [0, 0.05) is 26.3 Å². The molecule has 0 aliphatic carbocycles. The molecule has 7 nitrogen and oxygen atoms in total. The second-order valence-corrected chi connectivity index (χ2v) is 6.04. The Morgan fingerprint density at radius 3 is 2.71 bits per heavy atom. The van der Waals surface area contributed by atoms with Crippen LogP contribution in [0.5, 0.6) is 0 Å². The molecule has 1 N–H and O–H groups in total. The number of ether oxygens (including phenoxy) is 1. The number of nitrogens with one attached hydrogen (secondary N) is 1. The van der Waals surface area contributed by atoms with Gasteiger partial charge in [-0.05, 0) is 31.6 Å². The lowest BCUT2D eigenvalue weighted by atomic mass is 9.82. The maximum atomic E-state index is 11.3. The first-order chi connectivity index (χ1) is 9.97. The summed E-state index contributed by atoms with van der Waals surface area (Å²) >= 11 is 0. The fraction of sp³-hybridized carbons (Fsp3) is 0.786. The zero-order valence-electron chi connectivity index (χ0n) is 13.0. The molecule has 2 rings (SSSR count). The fourth-order valence-electron chi connectivity index (χ4n) is 2.68. The van der Waals surface area contributed by atoms with Crippen molar-refractivity contribution in [2.45, 2.75) is 46.6 Å². The van der Waals surface area contributed by atoms with Crippen LogP contribution >= 0.6 is 0 Å². The molecule has 118 valence electrons. The van der Waals surface area contributed by atoms with Gasteiger partial charge in [0.1, 0.15) is 5.69 Å². The number of nitrogens with zero attached hydrogens (tertiary/aromatic N) is 3. The summed E-state index contributed by atoms with van der Waals surface area (Å²) in [5.74, 6) is 0.534. The Bertz CT molecular complexity index is 507. The molecule has 0 bridgehead atoms. The van der Waals surface area contributed by atoms with Crippen LogP contribution in [0, 0.1) is 22.5 Å². The molecule has 1 aliphatic heterocycles. The number of aryl methyl sites for hydroxylation is 2. The zero-order valence-corrected chi connectivity index (χ0v) is 13.0. The number of aromatic nitrogens is 2. The Hall–Kier alpha value is -1.63. The first-order valence-electron chi connectivity index (χ1n) is 7.50. The van der Waals surface area contributed by atoms with Crippen LogP contribution in [0.3, 0.4) is 0 Å². The minimum absolute atomic E-state index is 0.0964. The van der Waals surface area contributed by atoms with Gasteiger partial charge in [0.2, 0.25) is 5.82 Å². The Morgan fingerprint density at radius 1 is 1.48 bits per heavy atom. The molecule has 0 atom stereocenters. The van der Waals surface area contributed by atoms with Crippen molar-refractivity contribution in [2.75, 3.05) is 25.1 Å². The van der Waals surface area contributed by atoms with Crippen LogP contribution in [-0.4, -0.2) is 34.5 Å². The summed E-state index contributed by atoms with van der Waals surface area (Å²) in [4.78, 5) is 10.9. The van der Waals surface area contributed by atoms with E-state index >= 15 is 0 Å². The lowest BCUT2D eigenvalue weighted by Crippen LogP contribution is -2.33. The standard InChI is InChI=1S/C14H24N4O3/c1-4-7-17-13(12(18(19)20)11(2)16-17)15-10-14(3)5-8-21-9-6-14/h15H,4-10H2,1-3H3. The van der Waals surface area contributed by atoms with Crippen molar-refractivity contribution in [3.8, 4) is 0 Å². The monoisotopic (exact) mass is 296 g/mol. The van der Waals surface area contributed by atoms with E-state index < -0.39 is 0 Å². The molecule has 0 aromatic carbocycles. The maximum Gasteiger partial charge on any atom is 0.333 e. The van der Waals surface area contributed by atoms with Gasteiger partial charge < -0.3 is 10.1 Å². The molecule has 1 aliphatic rings. The van der Waals surface area contributed by atoms with E-state index in [9.17, 15) is 10.1 Å². The highest BCUT2D eigenvalue weighted by molar-refractivity contribution is 5.59. The van der Waals surface area contributed by atoms with Gasteiger partial charge in [-0.2, -0.15) is 5.10 Å². The molecule has 21 heavy (non-hydrogen) atoms. The Labute approximate surface area is 124 Å². The summed E-state index contributed by atoms with van der Waals surface area (Å²) in [6.45, 7) is 8.81. The average molecular weight is 296 g/mol. The van der Waals surface area contributed by atoms with Crippen LogP contribution in [0.2, 0.25) is 0 Å². The van der Waals surface area contributed by atoms with Crippen LogP contribution in [0.1, 0.15) is 38.8 Å². The zero-order chi connectivity index (χ0) is 15.5. The predicted octanol–water partition coefficient (Wildman–Crippen LogP) is 2.74. The predicted molar refractivity (Wildman–Crippen MR) is 80.6 cm³/mol. The highest BCUT2D eigenvalue weighted by Crippen LogP contribution is 2.33. The van der Waals surface area contributed by atoms with Gasteiger partial charge in [0.05, 0.1) is 4.92 Å². The normalized spacial score (nSPS) is 17.7. The van der Waals surface area contributed by atoms with Crippen LogP contribution in [0.25, 0.3) is 0 Å². The first kappa shape index (κ1) is 15.8. The molecule has 1 fully saturated rings. The van der Waals surface area contributed by atoms with Crippen molar-refractivity contribution >= 4 is 11.5 Å². The van der Waals surface area contributed by atoms with Gasteiger partial charge in [-0.3, -0.25) is 10.1 Å². The van der Waals surface area contributed by atoms with Crippen LogP contribution in [0.15, 0.2) is 0 Å². The van der Waals surface area contributed by atoms with Crippen molar-refractivity contribution < 1.29 is 9.66 Å². The first-order valence-corrected chi connectivity index (χ1v) is 7.50. The highest BCUT2D eigenvalue weighted by atomic mass is 16.6. The molecule has 0 radical (unpaired) electrons. The molecule has 1 saturated heterocycles. The third-order valence-corrected chi connectivity index (χ3v) is 4.10. The third kappa shape index (κ3) is 3.53. The molecule has 2 heterocycles. The van der Waals surface area contributed by atoms with E-state index in [0.29, 0.717) is 24.6 Å². The Balaban J connectivity index is 2.19. The maximum absolute atomic E-state index is 11.3. The van der Waals surface area contributed by atoms with Crippen molar-refractivity contribution in [2.24, 2.45) is 5.41 Å². The van der Waals surface area contributed by atoms with E-state index in [1.165, 1.54) is 0 Å². The van der Waals surface area contributed by atoms with Crippen molar-refractivity contribution in [3.63, 3.8) is 0 Å². The summed E-state index contributed by atoms with van der Waals surface area (Å²) in [5, 5.41) is 18.9. The van der Waals surface area contributed by atoms with E-state index in [0.717, 1.165) is 32.5 Å². The van der Waals surface area contributed by atoms with Gasteiger partial charge in [-0.1, -0.05) is 13.8 Å². The fourth-order valence-corrected chi connectivity index (χ4v) is 2.68. The van der Waals surface area contributed by atoms with E-state index in [-0.39, 0.29) is 16.0 Å². The molecule has 0 unspecified atom stereocenters. The van der Waals surface area contributed by atoms with Crippen LogP contribution in [0.4, 0.5) is 11.5 Å². The molecular weight excluding hydrogens is 272 g/mol. The number of rotatable bonds is 6. The molecule has 7 heteroatoms. The van der Waals surface area contributed by atoms with E-state index in [4.69, 9.17) is 4.74 Å². The number of anilines is 1. The summed E-state index contributed by atoms with van der Waals surface area (Å²) in [7, 11) is 0. The quantitative estimate of drug-likeness (QED) is 0.644. The summed E-state index contributed by atoms with van der Waals surface area (Å²) in [5.41, 5.74) is 0.675. The molecule has 0 amide bonds. The minimum atomic E-state index is -0.344. The van der Waals surface area contributed by atoms with E-state index in [1.807, 2.05) is 6.92 Å². The van der Waals surface area contributed by atoms with Gasteiger partial charge in [0.25, 0.3) is 0 Å². The second-order valence-electron chi connectivity index (χ2n) is 6.04. The molecular formula is C14H24N4O3. The van der Waals surface area contributed by atoms with Gasteiger partial charge >= 0.3 is 5.69 Å². The van der Waals surface area contributed by atoms with Gasteiger partial charge in [-0.25, -0.2) is 4.68 Å². The summed E-state index contributed by atoms with van der Waals surface area (Å²) in [6.07, 6.45) is 2.82. The summed E-state index contributed by atoms with van der Waals surface area (Å²) < 4.78 is 7.11. The van der Waals surface area contributed by atoms with Crippen LogP contribution < -0.4 is 5.32 Å². The largest absolute Gasteiger partial charge is 0.381 e. The Morgan fingerprint density at radius 2 is 2.14 bits per heavy atom. The van der Waals surface area contributed by atoms with E-state index in [2.05, 4.69) is 17.3 Å². The van der Waals surface area contributed by atoms with Crippen molar-refractivity contribution in [3.05, 3.63) is 15.8 Å².